The highest BCUT2D eigenvalue weighted by atomic mass is 16.3. The van der Waals surface area contributed by atoms with Crippen LogP contribution in [0.2, 0.25) is 0 Å². The fraction of sp³-hybridized carbons (Fsp3) is 0.857. The first kappa shape index (κ1) is 23.1. The molecule has 0 heterocycles. The molecule has 0 aliphatic heterocycles. The van der Waals surface area contributed by atoms with E-state index in [9.17, 15) is 5.11 Å². The summed E-state index contributed by atoms with van der Waals surface area (Å²) in [6.45, 7) is 16.5. The molecular weight excluding hydrogens is 352 g/mol. The van der Waals surface area contributed by atoms with Gasteiger partial charge in [-0.3, -0.25) is 0 Å². The maximum absolute atomic E-state index is 10.3. The fourth-order valence-corrected chi connectivity index (χ4v) is 6.94. The van der Waals surface area contributed by atoms with Gasteiger partial charge in [-0.05, 0) is 112 Å². The minimum absolute atomic E-state index is 0.0548. The minimum atomic E-state index is -0.0548. The van der Waals surface area contributed by atoms with E-state index in [0.717, 1.165) is 24.7 Å². The number of fused-ring (bicyclic) bond motifs is 3. The third-order valence-electron chi connectivity index (χ3n) is 9.48. The summed E-state index contributed by atoms with van der Waals surface area (Å²) < 4.78 is 0. The molecule has 5 unspecified atom stereocenters. The van der Waals surface area contributed by atoms with Crippen LogP contribution in [0.15, 0.2) is 23.8 Å². The van der Waals surface area contributed by atoms with Crippen LogP contribution in [0.4, 0.5) is 0 Å². The van der Waals surface area contributed by atoms with Crippen molar-refractivity contribution < 1.29 is 5.11 Å². The van der Waals surface area contributed by atoms with Crippen molar-refractivity contribution in [2.24, 2.45) is 34.5 Å². The van der Waals surface area contributed by atoms with Crippen molar-refractivity contribution in [3.05, 3.63) is 23.8 Å². The summed E-state index contributed by atoms with van der Waals surface area (Å²) in [5.74, 6) is 2.93. The molecule has 1 N–H and O–H groups in total. The van der Waals surface area contributed by atoms with E-state index in [2.05, 4.69) is 47.3 Å². The molecule has 3 aliphatic rings. The minimum Gasteiger partial charge on any atom is -0.393 e. The monoisotopic (exact) mass is 400 g/mol. The molecule has 0 spiro atoms. The number of hydrogen-bond acceptors (Lipinski definition) is 1. The molecule has 0 aromatic rings. The zero-order valence-corrected chi connectivity index (χ0v) is 20.1. The SMILES string of the molecule is C=C(CCCC1CCCC2=CCC3CC(O)CCC3(C)C2CCC1(C)C)C(C)C. The van der Waals surface area contributed by atoms with Crippen LogP contribution in [-0.2, 0) is 0 Å². The molecule has 0 aromatic carbocycles. The molecule has 5 atom stereocenters. The summed E-state index contributed by atoms with van der Waals surface area (Å²) in [5.41, 5.74) is 4.07. The van der Waals surface area contributed by atoms with Gasteiger partial charge in [0.15, 0.2) is 0 Å². The standard InChI is InChI=1S/C28H48O/c1-20(2)21(3)9-7-11-23-12-8-10-22-13-14-24-19-25(29)15-18-28(24,6)26(22)16-17-27(23,4)5/h13,20,23-26,29H,3,7-12,14-19H2,1-2,4-6H3. The highest BCUT2D eigenvalue weighted by molar-refractivity contribution is 5.19. The largest absolute Gasteiger partial charge is 0.393 e. The van der Waals surface area contributed by atoms with E-state index in [1.165, 1.54) is 69.8 Å². The van der Waals surface area contributed by atoms with Crippen LogP contribution < -0.4 is 0 Å². The normalized spacial score (nSPS) is 37.6. The highest BCUT2D eigenvalue weighted by Crippen LogP contribution is 2.57. The highest BCUT2D eigenvalue weighted by Gasteiger charge is 2.48. The predicted molar refractivity (Wildman–Crippen MR) is 126 cm³/mol. The molecule has 2 saturated carbocycles. The molecule has 0 aromatic heterocycles. The van der Waals surface area contributed by atoms with Crippen molar-refractivity contribution in [1.29, 1.82) is 0 Å². The lowest BCUT2D eigenvalue weighted by atomic mass is 9.53. The van der Waals surface area contributed by atoms with E-state index >= 15 is 0 Å². The van der Waals surface area contributed by atoms with E-state index < -0.39 is 0 Å². The van der Waals surface area contributed by atoms with Gasteiger partial charge in [-0.25, -0.2) is 0 Å². The molecule has 0 radical (unpaired) electrons. The van der Waals surface area contributed by atoms with Crippen molar-refractivity contribution >= 4 is 0 Å². The fourth-order valence-electron chi connectivity index (χ4n) is 6.94. The molecular formula is C28H48O. The maximum atomic E-state index is 10.3. The zero-order valence-electron chi connectivity index (χ0n) is 20.1. The van der Waals surface area contributed by atoms with Gasteiger partial charge in [0.05, 0.1) is 6.10 Å². The Morgan fingerprint density at radius 3 is 2.66 bits per heavy atom. The summed E-state index contributed by atoms with van der Waals surface area (Å²) in [4.78, 5) is 0. The molecule has 166 valence electrons. The second-order valence-electron chi connectivity index (χ2n) is 12.0. The van der Waals surface area contributed by atoms with E-state index in [1.807, 2.05) is 0 Å². The van der Waals surface area contributed by atoms with Crippen molar-refractivity contribution in [2.75, 3.05) is 0 Å². The molecule has 29 heavy (non-hydrogen) atoms. The molecule has 1 heteroatoms. The number of aliphatic hydroxyl groups is 1. The van der Waals surface area contributed by atoms with Gasteiger partial charge in [0.1, 0.15) is 0 Å². The molecule has 0 amide bonds. The van der Waals surface area contributed by atoms with Crippen LogP contribution in [0.25, 0.3) is 0 Å². The third kappa shape index (κ3) is 5.20. The average Bonchev–Trinajstić information content (AvgIpc) is 2.71. The predicted octanol–water partition coefficient (Wildman–Crippen LogP) is 8.09. The molecule has 0 bridgehead atoms. The Kier molecular flexibility index (Phi) is 7.40. The Hall–Kier alpha value is -0.560. The first-order valence-corrected chi connectivity index (χ1v) is 12.7. The number of hydrogen-bond donors (Lipinski definition) is 1. The van der Waals surface area contributed by atoms with Gasteiger partial charge in [0.25, 0.3) is 0 Å². The summed E-state index contributed by atoms with van der Waals surface area (Å²) in [7, 11) is 0. The van der Waals surface area contributed by atoms with Crippen LogP contribution in [-0.4, -0.2) is 11.2 Å². The lowest BCUT2D eigenvalue weighted by Gasteiger charge is -2.52. The second-order valence-corrected chi connectivity index (χ2v) is 12.0. The van der Waals surface area contributed by atoms with Gasteiger partial charge in [-0.1, -0.05) is 58.4 Å². The van der Waals surface area contributed by atoms with Crippen LogP contribution in [0.1, 0.15) is 112 Å². The van der Waals surface area contributed by atoms with Gasteiger partial charge in [0, 0.05) is 0 Å². The van der Waals surface area contributed by atoms with Crippen LogP contribution in [0.3, 0.4) is 0 Å². The lowest BCUT2D eigenvalue weighted by molar-refractivity contribution is -0.0208. The zero-order chi connectivity index (χ0) is 21.2. The number of rotatable bonds is 5. The Morgan fingerprint density at radius 2 is 1.93 bits per heavy atom. The molecule has 3 aliphatic carbocycles. The average molecular weight is 401 g/mol. The van der Waals surface area contributed by atoms with Gasteiger partial charge >= 0.3 is 0 Å². The van der Waals surface area contributed by atoms with Crippen molar-refractivity contribution in [3.63, 3.8) is 0 Å². The van der Waals surface area contributed by atoms with Crippen molar-refractivity contribution in [3.8, 4) is 0 Å². The second kappa shape index (κ2) is 9.29. The van der Waals surface area contributed by atoms with Crippen LogP contribution >= 0.6 is 0 Å². The van der Waals surface area contributed by atoms with Crippen LogP contribution in [0.5, 0.6) is 0 Å². The lowest BCUT2D eigenvalue weighted by Crippen LogP contribution is -2.44. The maximum Gasteiger partial charge on any atom is 0.0543 e. The van der Waals surface area contributed by atoms with Gasteiger partial charge < -0.3 is 5.11 Å². The van der Waals surface area contributed by atoms with E-state index in [4.69, 9.17) is 0 Å². The number of aliphatic hydroxyl groups excluding tert-OH is 1. The smallest absolute Gasteiger partial charge is 0.0543 e. The summed E-state index contributed by atoms with van der Waals surface area (Å²) in [6.07, 6.45) is 17.7. The molecule has 2 fully saturated rings. The Labute approximate surface area is 181 Å². The van der Waals surface area contributed by atoms with Gasteiger partial charge in [-0.15, -0.1) is 0 Å². The number of allylic oxidation sites excluding steroid dienone is 3. The van der Waals surface area contributed by atoms with Crippen molar-refractivity contribution in [2.45, 2.75) is 118 Å². The Balaban J connectivity index is 1.68. The summed E-state index contributed by atoms with van der Waals surface area (Å²) in [5, 5.41) is 10.3. The van der Waals surface area contributed by atoms with Crippen LogP contribution in [0, 0.1) is 34.5 Å². The first-order chi connectivity index (χ1) is 13.6. The van der Waals surface area contributed by atoms with Crippen molar-refractivity contribution in [1.82, 2.24) is 0 Å². The van der Waals surface area contributed by atoms with Gasteiger partial charge in [-0.2, -0.15) is 0 Å². The molecule has 0 saturated heterocycles. The van der Waals surface area contributed by atoms with E-state index in [-0.39, 0.29) is 6.10 Å². The van der Waals surface area contributed by atoms with Gasteiger partial charge in [0.2, 0.25) is 0 Å². The quantitative estimate of drug-likeness (QED) is 0.462. The topological polar surface area (TPSA) is 20.2 Å². The first-order valence-electron chi connectivity index (χ1n) is 12.7. The molecule has 1 nitrogen and oxygen atoms in total. The Morgan fingerprint density at radius 1 is 1.17 bits per heavy atom. The third-order valence-corrected chi connectivity index (χ3v) is 9.48. The summed E-state index contributed by atoms with van der Waals surface area (Å²) >= 11 is 0. The van der Waals surface area contributed by atoms with E-state index in [0.29, 0.717) is 22.7 Å². The summed E-state index contributed by atoms with van der Waals surface area (Å²) in [6, 6.07) is 0. The molecule has 3 rings (SSSR count). The Bertz CT molecular complexity index is 597. The van der Waals surface area contributed by atoms with E-state index in [1.54, 1.807) is 5.57 Å².